The number of nitrogens with zero attached hydrogens (tertiary/aromatic N) is 6. The SMILES string of the molecule is CCN(Cc1nccn1C)C(=O)c1ccc(N[C@@H](C)c2cnn(C)c2)nc1. The molecular weight excluding hydrogens is 342 g/mol. The van der Waals surface area contributed by atoms with Crippen molar-refractivity contribution in [2.24, 2.45) is 14.1 Å². The lowest BCUT2D eigenvalue weighted by molar-refractivity contribution is 0.0747. The molecule has 0 aliphatic rings. The molecule has 3 rings (SSSR count). The van der Waals surface area contributed by atoms with Crippen molar-refractivity contribution >= 4 is 11.7 Å². The summed E-state index contributed by atoms with van der Waals surface area (Å²) < 4.78 is 3.69. The van der Waals surface area contributed by atoms with Crippen molar-refractivity contribution in [1.82, 2.24) is 29.2 Å². The standard InChI is InChI=1S/C19H25N7O/c1-5-26(13-18-20-8-9-24(18)3)19(27)15-6-7-17(21-10-15)23-14(2)16-11-22-25(4)12-16/h6-12,14H,5,13H2,1-4H3,(H,21,23)/t14-/m0/s1. The zero-order valence-corrected chi connectivity index (χ0v) is 16.1. The van der Waals surface area contributed by atoms with Gasteiger partial charge in [0.15, 0.2) is 0 Å². The van der Waals surface area contributed by atoms with E-state index in [9.17, 15) is 4.79 Å². The topological polar surface area (TPSA) is 80.9 Å². The number of aromatic nitrogens is 5. The molecule has 0 saturated carbocycles. The monoisotopic (exact) mass is 367 g/mol. The molecule has 0 spiro atoms. The molecule has 1 N–H and O–H groups in total. The molecule has 0 aromatic carbocycles. The number of nitrogens with one attached hydrogen (secondary N) is 1. The highest BCUT2D eigenvalue weighted by Crippen LogP contribution is 2.17. The molecular formula is C19H25N7O. The number of anilines is 1. The Kier molecular flexibility index (Phi) is 5.54. The Morgan fingerprint density at radius 3 is 2.63 bits per heavy atom. The normalized spacial score (nSPS) is 12.0. The summed E-state index contributed by atoms with van der Waals surface area (Å²) in [5.41, 5.74) is 1.64. The lowest BCUT2D eigenvalue weighted by atomic mass is 10.2. The first-order chi connectivity index (χ1) is 13.0. The zero-order valence-electron chi connectivity index (χ0n) is 16.1. The maximum absolute atomic E-state index is 12.8. The third-order valence-electron chi connectivity index (χ3n) is 4.52. The minimum absolute atomic E-state index is 0.0557. The molecule has 1 atom stereocenters. The summed E-state index contributed by atoms with van der Waals surface area (Å²) in [6, 6.07) is 3.70. The number of aryl methyl sites for hydroxylation is 2. The van der Waals surface area contributed by atoms with E-state index in [2.05, 4.69) is 20.4 Å². The average Bonchev–Trinajstić information content (AvgIpc) is 3.28. The molecule has 3 aromatic rings. The molecule has 142 valence electrons. The van der Waals surface area contributed by atoms with Gasteiger partial charge in [0.05, 0.1) is 24.3 Å². The first-order valence-corrected chi connectivity index (χ1v) is 8.94. The van der Waals surface area contributed by atoms with Crippen molar-refractivity contribution in [3.8, 4) is 0 Å². The summed E-state index contributed by atoms with van der Waals surface area (Å²) >= 11 is 0. The van der Waals surface area contributed by atoms with Gasteiger partial charge in [0, 0.05) is 51.0 Å². The van der Waals surface area contributed by atoms with Crippen LogP contribution in [0.5, 0.6) is 0 Å². The minimum atomic E-state index is -0.0557. The molecule has 0 bridgehead atoms. The predicted molar refractivity (Wildman–Crippen MR) is 103 cm³/mol. The maximum Gasteiger partial charge on any atom is 0.255 e. The predicted octanol–water partition coefficient (Wildman–Crippen LogP) is 2.38. The molecule has 27 heavy (non-hydrogen) atoms. The summed E-state index contributed by atoms with van der Waals surface area (Å²) in [5.74, 6) is 1.51. The fourth-order valence-electron chi connectivity index (χ4n) is 2.80. The summed E-state index contributed by atoms with van der Waals surface area (Å²) in [5, 5.41) is 7.50. The highest BCUT2D eigenvalue weighted by molar-refractivity contribution is 5.94. The van der Waals surface area contributed by atoms with Crippen LogP contribution in [-0.2, 0) is 20.6 Å². The first-order valence-electron chi connectivity index (χ1n) is 8.94. The molecule has 1 amide bonds. The molecule has 3 heterocycles. The largest absolute Gasteiger partial charge is 0.363 e. The van der Waals surface area contributed by atoms with Gasteiger partial charge in [0.1, 0.15) is 11.6 Å². The van der Waals surface area contributed by atoms with Crippen LogP contribution < -0.4 is 5.32 Å². The number of amides is 1. The van der Waals surface area contributed by atoms with Crippen molar-refractivity contribution in [3.63, 3.8) is 0 Å². The van der Waals surface area contributed by atoms with Gasteiger partial charge in [-0.1, -0.05) is 0 Å². The van der Waals surface area contributed by atoms with Gasteiger partial charge in [0.25, 0.3) is 5.91 Å². The molecule has 8 nitrogen and oxygen atoms in total. The third kappa shape index (κ3) is 4.33. The number of hydrogen-bond donors (Lipinski definition) is 1. The fourth-order valence-corrected chi connectivity index (χ4v) is 2.80. The van der Waals surface area contributed by atoms with Gasteiger partial charge in [-0.3, -0.25) is 9.48 Å². The Balaban J connectivity index is 1.66. The number of carbonyl (C=O) groups is 1. The number of imidazole rings is 1. The second kappa shape index (κ2) is 8.03. The highest BCUT2D eigenvalue weighted by atomic mass is 16.2. The Morgan fingerprint density at radius 1 is 1.26 bits per heavy atom. The van der Waals surface area contributed by atoms with Crippen molar-refractivity contribution in [2.45, 2.75) is 26.4 Å². The first kappa shape index (κ1) is 18.6. The third-order valence-corrected chi connectivity index (χ3v) is 4.52. The minimum Gasteiger partial charge on any atom is -0.363 e. The molecule has 3 aromatic heterocycles. The molecule has 0 saturated heterocycles. The number of hydrogen-bond acceptors (Lipinski definition) is 5. The van der Waals surface area contributed by atoms with E-state index in [-0.39, 0.29) is 11.9 Å². The van der Waals surface area contributed by atoms with Crippen LogP contribution in [-0.4, -0.2) is 41.7 Å². The Morgan fingerprint density at radius 2 is 2.07 bits per heavy atom. The average molecular weight is 367 g/mol. The maximum atomic E-state index is 12.8. The van der Waals surface area contributed by atoms with Gasteiger partial charge >= 0.3 is 0 Å². The van der Waals surface area contributed by atoms with Crippen molar-refractivity contribution in [3.05, 3.63) is 60.1 Å². The lowest BCUT2D eigenvalue weighted by Gasteiger charge is -2.20. The van der Waals surface area contributed by atoms with Crippen molar-refractivity contribution < 1.29 is 4.79 Å². The number of pyridine rings is 1. The van der Waals surface area contributed by atoms with Crippen LogP contribution in [0.15, 0.2) is 43.1 Å². The van der Waals surface area contributed by atoms with E-state index in [1.165, 1.54) is 0 Å². The number of rotatable bonds is 7. The van der Waals surface area contributed by atoms with Crippen LogP contribution >= 0.6 is 0 Å². The van der Waals surface area contributed by atoms with E-state index in [1.807, 2.05) is 57.2 Å². The van der Waals surface area contributed by atoms with E-state index >= 15 is 0 Å². The van der Waals surface area contributed by atoms with Gasteiger partial charge in [-0.25, -0.2) is 9.97 Å². The summed E-state index contributed by atoms with van der Waals surface area (Å²) in [6.45, 7) is 5.07. The van der Waals surface area contributed by atoms with E-state index in [4.69, 9.17) is 0 Å². The van der Waals surface area contributed by atoms with E-state index in [0.29, 0.717) is 18.7 Å². The van der Waals surface area contributed by atoms with Crippen molar-refractivity contribution in [1.29, 1.82) is 0 Å². The highest BCUT2D eigenvalue weighted by Gasteiger charge is 2.17. The quantitative estimate of drug-likeness (QED) is 0.693. The van der Waals surface area contributed by atoms with Crippen LogP contribution in [0.4, 0.5) is 5.82 Å². The van der Waals surface area contributed by atoms with Crippen LogP contribution in [0.25, 0.3) is 0 Å². The lowest BCUT2D eigenvalue weighted by Crippen LogP contribution is -2.31. The van der Waals surface area contributed by atoms with Crippen LogP contribution in [0, 0.1) is 0 Å². The Bertz CT molecular complexity index is 897. The van der Waals surface area contributed by atoms with Gasteiger partial charge in [-0.05, 0) is 26.0 Å². The summed E-state index contributed by atoms with van der Waals surface area (Å²) in [4.78, 5) is 23.2. The molecule has 0 fully saturated rings. The van der Waals surface area contributed by atoms with E-state index in [0.717, 1.165) is 17.2 Å². The molecule has 0 aliphatic carbocycles. The van der Waals surface area contributed by atoms with Crippen LogP contribution in [0.2, 0.25) is 0 Å². The van der Waals surface area contributed by atoms with Gasteiger partial charge in [-0.15, -0.1) is 0 Å². The molecule has 0 aliphatic heterocycles. The van der Waals surface area contributed by atoms with Gasteiger partial charge in [-0.2, -0.15) is 5.10 Å². The Labute approximate surface area is 158 Å². The number of carbonyl (C=O) groups excluding carboxylic acids is 1. The van der Waals surface area contributed by atoms with E-state index < -0.39 is 0 Å². The summed E-state index contributed by atoms with van der Waals surface area (Å²) in [7, 11) is 3.81. The fraction of sp³-hybridized carbons (Fsp3) is 0.368. The van der Waals surface area contributed by atoms with Gasteiger partial charge in [0.2, 0.25) is 0 Å². The van der Waals surface area contributed by atoms with Crippen LogP contribution in [0.3, 0.4) is 0 Å². The zero-order chi connectivity index (χ0) is 19.4. The van der Waals surface area contributed by atoms with Crippen LogP contribution in [0.1, 0.15) is 41.6 Å². The molecule has 0 radical (unpaired) electrons. The molecule has 0 unspecified atom stereocenters. The summed E-state index contributed by atoms with van der Waals surface area (Å²) in [6.07, 6.45) is 9.01. The smallest absolute Gasteiger partial charge is 0.255 e. The van der Waals surface area contributed by atoms with Gasteiger partial charge < -0.3 is 14.8 Å². The molecule has 8 heteroatoms. The van der Waals surface area contributed by atoms with E-state index in [1.54, 1.807) is 28.0 Å². The van der Waals surface area contributed by atoms with Crippen molar-refractivity contribution in [2.75, 3.05) is 11.9 Å². The second-order valence-corrected chi connectivity index (χ2v) is 6.52. The Hall–Kier alpha value is -3.16. The second-order valence-electron chi connectivity index (χ2n) is 6.52.